The summed E-state index contributed by atoms with van der Waals surface area (Å²) in [6.45, 7) is 7.21. The first-order valence-electron chi connectivity index (χ1n) is 13.7. The summed E-state index contributed by atoms with van der Waals surface area (Å²) in [5.41, 5.74) is 7.18. The first kappa shape index (κ1) is 26.3. The van der Waals surface area contributed by atoms with Gasteiger partial charge in [0.05, 0.1) is 17.4 Å². The van der Waals surface area contributed by atoms with Crippen LogP contribution in [0.25, 0.3) is 22.0 Å². The lowest BCUT2D eigenvalue weighted by Crippen LogP contribution is -2.18. The maximum atomic E-state index is 13.1. The highest BCUT2D eigenvalue weighted by atomic mass is 16.1. The number of nitrogens with one attached hydrogen (secondary N) is 2. The van der Waals surface area contributed by atoms with Crippen LogP contribution in [-0.2, 0) is 13.0 Å². The average molecular weight is 519 g/mol. The number of fused-ring (bicyclic) bond motifs is 1. The first-order valence-corrected chi connectivity index (χ1v) is 13.7. The van der Waals surface area contributed by atoms with Crippen LogP contribution >= 0.6 is 0 Å². The van der Waals surface area contributed by atoms with Crippen LogP contribution in [0.1, 0.15) is 54.0 Å². The summed E-state index contributed by atoms with van der Waals surface area (Å²) in [5, 5.41) is 11.0. The predicted octanol–water partition coefficient (Wildman–Crippen LogP) is 6.49. The molecule has 5 aromatic rings. The zero-order chi connectivity index (χ0) is 27.0. The van der Waals surface area contributed by atoms with Crippen LogP contribution < -0.4 is 5.32 Å². The van der Waals surface area contributed by atoms with Crippen molar-refractivity contribution in [3.05, 3.63) is 108 Å². The molecule has 3 aromatic heterocycles. The lowest BCUT2D eigenvalue weighted by Gasteiger charge is -2.14. The molecule has 2 aromatic carbocycles. The molecule has 6 rings (SSSR count). The van der Waals surface area contributed by atoms with Crippen LogP contribution in [0.15, 0.2) is 85.3 Å². The Hall–Kier alpha value is -4.36. The first-order chi connectivity index (χ1) is 19.2. The van der Waals surface area contributed by atoms with Gasteiger partial charge in [0, 0.05) is 42.0 Å². The minimum atomic E-state index is -0.276. The molecule has 1 amide bonds. The van der Waals surface area contributed by atoms with Crippen LogP contribution in [0.5, 0.6) is 0 Å². The monoisotopic (exact) mass is 518 g/mol. The number of anilines is 1. The number of nitrogens with zero attached hydrogens (tertiary/aromatic N) is 4. The van der Waals surface area contributed by atoms with Gasteiger partial charge in [-0.15, -0.1) is 0 Å². The predicted molar refractivity (Wildman–Crippen MR) is 157 cm³/mol. The van der Waals surface area contributed by atoms with Crippen molar-refractivity contribution < 1.29 is 4.79 Å². The van der Waals surface area contributed by atoms with Crippen LogP contribution in [0.4, 0.5) is 5.69 Å². The highest BCUT2D eigenvalue weighted by Crippen LogP contribution is 2.27. The average Bonchev–Trinajstić information content (AvgIpc) is 3.66. The van der Waals surface area contributed by atoms with Crippen molar-refractivity contribution in [2.24, 2.45) is 0 Å². The Kier molecular flexibility index (Phi) is 8.39. The van der Waals surface area contributed by atoms with E-state index >= 15 is 0 Å². The fourth-order valence-corrected chi connectivity index (χ4v) is 4.90. The van der Waals surface area contributed by atoms with E-state index in [0.717, 1.165) is 53.8 Å². The van der Waals surface area contributed by atoms with E-state index in [-0.39, 0.29) is 5.91 Å². The number of H-pyrrole nitrogens is 1. The van der Waals surface area contributed by atoms with Gasteiger partial charge in [-0.3, -0.25) is 24.8 Å². The Morgan fingerprint density at radius 1 is 0.897 bits per heavy atom. The van der Waals surface area contributed by atoms with E-state index in [4.69, 9.17) is 0 Å². The van der Waals surface area contributed by atoms with Crippen molar-refractivity contribution in [1.29, 1.82) is 0 Å². The molecule has 7 heteroatoms. The van der Waals surface area contributed by atoms with Gasteiger partial charge in [-0.25, -0.2) is 0 Å². The highest BCUT2D eigenvalue weighted by molar-refractivity contribution is 6.11. The van der Waals surface area contributed by atoms with Crippen molar-refractivity contribution in [2.75, 3.05) is 18.4 Å². The lowest BCUT2D eigenvalue weighted by molar-refractivity contribution is 0.102. The van der Waals surface area contributed by atoms with E-state index in [9.17, 15) is 4.79 Å². The molecule has 0 radical (unpaired) electrons. The minimum Gasteiger partial charge on any atom is -0.319 e. The second kappa shape index (κ2) is 12.5. The third kappa shape index (κ3) is 6.38. The molecule has 4 heterocycles. The van der Waals surface area contributed by atoms with E-state index in [1.54, 1.807) is 6.20 Å². The molecule has 1 fully saturated rings. The second-order valence-electron chi connectivity index (χ2n) is 9.55. The molecule has 1 aliphatic heterocycles. The third-order valence-electron chi connectivity index (χ3n) is 6.82. The Bertz CT molecular complexity index is 1520. The molecular formula is C32H34N6O. The van der Waals surface area contributed by atoms with Crippen molar-refractivity contribution in [1.82, 2.24) is 25.1 Å². The van der Waals surface area contributed by atoms with Crippen molar-refractivity contribution in [3.8, 4) is 11.1 Å². The van der Waals surface area contributed by atoms with Crippen LogP contribution in [0, 0.1) is 0 Å². The molecule has 0 bridgehead atoms. The lowest BCUT2D eigenvalue weighted by atomic mass is 10.0. The van der Waals surface area contributed by atoms with Gasteiger partial charge in [-0.1, -0.05) is 50.2 Å². The van der Waals surface area contributed by atoms with Gasteiger partial charge >= 0.3 is 0 Å². The van der Waals surface area contributed by atoms with Gasteiger partial charge in [-0.05, 0) is 73.0 Å². The topological polar surface area (TPSA) is 86.8 Å². The molecule has 7 nitrogen and oxygen atoms in total. The van der Waals surface area contributed by atoms with Crippen molar-refractivity contribution in [2.45, 2.75) is 39.7 Å². The van der Waals surface area contributed by atoms with Crippen LogP contribution in [-0.4, -0.2) is 44.1 Å². The second-order valence-corrected chi connectivity index (χ2v) is 9.55. The number of carbonyl (C=O) groups is 1. The number of aromatic nitrogens is 4. The number of amides is 1. The zero-order valence-electron chi connectivity index (χ0n) is 22.5. The summed E-state index contributed by atoms with van der Waals surface area (Å²) in [7, 11) is 0. The van der Waals surface area contributed by atoms with Crippen LogP contribution in [0.2, 0.25) is 0 Å². The summed E-state index contributed by atoms with van der Waals surface area (Å²) < 4.78 is 0. The molecule has 39 heavy (non-hydrogen) atoms. The van der Waals surface area contributed by atoms with E-state index in [1.807, 2.05) is 74.8 Å². The highest BCUT2D eigenvalue weighted by Gasteiger charge is 2.16. The van der Waals surface area contributed by atoms with Gasteiger partial charge in [0.2, 0.25) is 0 Å². The van der Waals surface area contributed by atoms with E-state index in [2.05, 4.69) is 48.6 Å². The molecule has 0 saturated carbocycles. The number of benzene rings is 2. The number of hydrogen-bond acceptors (Lipinski definition) is 5. The number of likely N-dealkylation sites (tertiary alicyclic amines) is 1. The summed E-state index contributed by atoms with van der Waals surface area (Å²) in [6, 6.07) is 22.2. The number of pyridine rings is 2. The van der Waals surface area contributed by atoms with E-state index < -0.39 is 0 Å². The summed E-state index contributed by atoms with van der Waals surface area (Å²) >= 11 is 0. The van der Waals surface area contributed by atoms with Gasteiger partial charge in [0.15, 0.2) is 5.69 Å². The normalized spacial score (nSPS) is 13.2. The maximum absolute atomic E-state index is 13.1. The quantitative estimate of drug-likeness (QED) is 0.257. The van der Waals surface area contributed by atoms with Crippen molar-refractivity contribution in [3.63, 3.8) is 0 Å². The smallest absolute Gasteiger partial charge is 0.276 e. The zero-order valence-corrected chi connectivity index (χ0v) is 22.5. The Balaban J connectivity index is 0.00000151. The molecule has 1 saturated heterocycles. The third-order valence-corrected chi connectivity index (χ3v) is 6.82. The Morgan fingerprint density at radius 2 is 1.72 bits per heavy atom. The largest absolute Gasteiger partial charge is 0.319 e. The van der Waals surface area contributed by atoms with Gasteiger partial charge < -0.3 is 5.32 Å². The fourth-order valence-electron chi connectivity index (χ4n) is 4.90. The van der Waals surface area contributed by atoms with Gasteiger partial charge in [0.25, 0.3) is 5.91 Å². The van der Waals surface area contributed by atoms with E-state index in [0.29, 0.717) is 11.4 Å². The Morgan fingerprint density at radius 3 is 2.49 bits per heavy atom. The minimum absolute atomic E-state index is 0.276. The Labute approximate surface area is 229 Å². The standard InChI is InChI=1S/C30H28N6O.C2H6/c37-30(33-26-10-9-25(32-19-26)15-21-6-2-1-3-7-21)29-27-16-23(8-11-28(27)34-35-29)24-14-22(17-31-18-24)20-36-12-4-5-13-36;1-2/h1-3,6-11,14,16-19H,4-5,12-13,15,20H2,(H,33,37)(H,34,35);1-2H3. The molecule has 0 unspecified atom stereocenters. The van der Waals surface area contributed by atoms with Gasteiger partial charge in [-0.2, -0.15) is 5.10 Å². The molecule has 198 valence electrons. The fraction of sp³-hybridized carbons (Fsp3) is 0.250. The number of carbonyl (C=O) groups excluding carboxylic acids is 1. The molecular weight excluding hydrogens is 484 g/mol. The molecule has 1 aliphatic rings. The van der Waals surface area contributed by atoms with Gasteiger partial charge in [0.1, 0.15) is 0 Å². The number of aromatic amines is 1. The number of rotatable bonds is 7. The SMILES string of the molecule is CC.O=C(Nc1ccc(Cc2ccccc2)nc1)c1n[nH]c2ccc(-c3cncc(CN4CCCC4)c3)cc12. The number of hydrogen-bond donors (Lipinski definition) is 2. The summed E-state index contributed by atoms with van der Waals surface area (Å²) in [5.74, 6) is -0.276. The molecule has 0 atom stereocenters. The maximum Gasteiger partial charge on any atom is 0.276 e. The summed E-state index contributed by atoms with van der Waals surface area (Å²) in [4.78, 5) is 24.6. The summed E-state index contributed by atoms with van der Waals surface area (Å²) in [6.07, 6.45) is 8.78. The molecule has 0 spiro atoms. The molecule has 2 N–H and O–H groups in total. The van der Waals surface area contributed by atoms with E-state index in [1.165, 1.54) is 24.0 Å². The molecule has 0 aliphatic carbocycles. The van der Waals surface area contributed by atoms with Crippen molar-refractivity contribution >= 4 is 22.5 Å². The van der Waals surface area contributed by atoms with Crippen LogP contribution in [0.3, 0.4) is 0 Å².